The van der Waals surface area contributed by atoms with Gasteiger partial charge in [0.25, 0.3) is 5.91 Å². The van der Waals surface area contributed by atoms with Crippen LogP contribution >= 0.6 is 23.0 Å². The lowest BCUT2D eigenvalue weighted by Crippen LogP contribution is -2.22. The minimum Gasteiger partial charge on any atom is -0.348 e. The van der Waals surface area contributed by atoms with Gasteiger partial charge in [0.2, 0.25) is 0 Å². The van der Waals surface area contributed by atoms with E-state index in [4.69, 9.17) is 3.07 Å². The van der Waals surface area contributed by atoms with Crippen LogP contribution in [0.15, 0.2) is 84.9 Å². The number of amides is 1. The summed E-state index contributed by atoms with van der Waals surface area (Å²) in [6.45, 7) is 0.881. The van der Waals surface area contributed by atoms with Crippen molar-refractivity contribution in [3.63, 3.8) is 0 Å². The van der Waals surface area contributed by atoms with Gasteiger partial charge in [-0.2, -0.15) is 13.2 Å². The van der Waals surface area contributed by atoms with Crippen molar-refractivity contribution in [2.45, 2.75) is 19.3 Å². The summed E-state index contributed by atoms with van der Waals surface area (Å²) in [6, 6.07) is 23.8. The van der Waals surface area contributed by atoms with E-state index in [0.29, 0.717) is 24.3 Å². The Balaban J connectivity index is 1.54. The molecule has 0 aliphatic heterocycles. The van der Waals surface area contributed by atoms with Gasteiger partial charge < -0.3 is 8.38 Å². The molecule has 0 aliphatic carbocycles. The van der Waals surface area contributed by atoms with Crippen LogP contribution in [-0.4, -0.2) is 5.91 Å². The van der Waals surface area contributed by atoms with Crippen molar-refractivity contribution < 1.29 is 21.0 Å². The Hall–Kier alpha value is -2.91. The minimum absolute atomic E-state index is 0.202. The second kappa shape index (κ2) is 9.93. The lowest BCUT2D eigenvalue weighted by molar-refractivity contribution is -0.137. The molecule has 0 saturated heterocycles. The number of halogens is 4. The van der Waals surface area contributed by atoms with Crippen molar-refractivity contribution >= 4 is 39.7 Å². The van der Waals surface area contributed by atoms with Gasteiger partial charge in [0.15, 0.2) is 0 Å². The molecule has 0 atom stereocenters. The summed E-state index contributed by atoms with van der Waals surface area (Å²) in [5, 5.41) is 4.62. The highest BCUT2D eigenvalue weighted by Gasteiger charge is 2.30. The van der Waals surface area contributed by atoms with Crippen molar-refractivity contribution in [1.29, 1.82) is 0 Å². The topological polar surface area (TPSA) is 38.3 Å². The molecular formula is C26H19F3INO2. The van der Waals surface area contributed by atoms with Crippen LogP contribution in [0.1, 0.15) is 27.0 Å². The van der Waals surface area contributed by atoms with E-state index in [1.54, 1.807) is 12.1 Å². The predicted molar refractivity (Wildman–Crippen MR) is 131 cm³/mol. The van der Waals surface area contributed by atoms with E-state index in [2.05, 4.69) is 5.32 Å². The summed E-state index contributed by atoms with van der Waals surface area (Å²) in [6.07, 6.45) is -4.37. The number of carbonyl (C=O) groups excluding carboxylic acids is 1. The molecule has 7 heteroatoms. The van der Waals surface area contributed by atoms with E-state index in [1.165, 1.54) is 12.1 Å². The molecule has 33 heavy (non-hydrogen) atoms. The summed E-state index contributed by atoms with van der Waals surface area (Å²) in [5.74, 6) is -0.202. The average molecular weight is 561 g/mol. The third-order valence-corrected chi connectivity index (χ3v) is 5.64. The van der Waals surface area contributed by atoms with Crippen LogP contribution < -0.4 is 5.32 Å². The minimum atomic E-state index is -4.37. The zero-order chi connectivity index (χ0) is 23.4. The standard InChI is InChI=1S/C26H19F3INO2/c27-26(28,29)22-10-7-19(8-11-22)23-6-2-5-20-14-21(9-12-24(20)23)25(32)31-15-17-3-1-4-18(13-17)16-33-30/h1-14H,15-16H2,(H,31,32). The second-order valence-electron chi connectivity index (χ2n) is 7.57. The number of carbonyl (C=O) groups is 1. The smallest absolute Gasteiger partial charge is 0.348 e. The van der Waals surface area contributed by atoms with Crippen LogP contribution in [0.25, 0.3) is 21.9 Å². The van der Waals surface area contributed by atoms with Crippen LogP contribution in [0.3, 0.4) is 0 Å². The summed E-state index contributed by atoms with van der Waals surface area (Å²) in [4.78, 5) is 12.7. The largest absolute Gasteiger partial charge is 0.416 e. The van der Waals surface area contributed by atoms with Crippen LogP contribution in [0, 0.1) is 0 Å². The first-order valence-electron chi connectivity index (χ1n) is 10.1. The molecule has 0 saturated carbocycles. The van der Waals surface area contributed by atoms with Gasteiger partial charge in [-0.15, -0.1) is 0 Å². The summed E-state index contributed by atoms with van der Waals surface area (Å²) >= 11 is 1.84. The quantitative estimate of drug-likeness (QED) is 0.251. The Morgan fingerprint density at radius 1 is 0.879 bits per heavy atom. The summed E-state index contributed by atoms with van der Waals surface area (Å²) < 4.78 is 43.7. The molecule has 4 aromatic carbocycles. The monoisotopic (exact) mass is 561 g/mol. The zero-order valence-corrected chi connectivity index (χ0v) is 19.5. The molecule has 0 unspecified atom stereocenters. The molecule has 0 heterocycles. The number of alkyl halides is 3. The molecule has 0 aromatic heterocycles. The SMILES string of the molecule is O=C(NCc1cccc(COI)c1)c1ccc2c(-c3ccc(C(F)(F)F)cc3)cccc2c1. The van der Waals surface area contributed by atoms with E-state index in [1.807, 2.05) is 71.5 Å². The lowest BCUT2D eigenvalue weighted by Gasteiger charge is -2.11. The van der Waals surface area contributed by atoms with Crippen molar-refractivity contribution in [1.82, 2.24) is 5.32 Å². The summed E-state index contributed by atoms with van der Waals surface area (Å²) in [7, 11) is 0. The molecule has 0 aliphatic rings. The summed E-state index contributed by atoms with van der Waals surface area (Å²) in [5.41, 5.74) is 3.32. The van der Waals surface area contributed by atoms with Crippen LogP contribution in [0.5, 0.6) is 0 Å². The average Bonchev–Trinajstić information content (AvgIpc) is 2.82. The van der Waals surface area contributed by atoms with E-state index in [-0.39, 0.29) is 5.91 Å². The Morgan fingerprint density at radius 3 is 2.33 bits per heavy atom. The molecule has 1 amide bonds. The van der Waals surface area contributed by atoms with E-state index in [9.17, 15) is 18.0 Å². The predicted octanol–water partition coefficient (Wildman–Crippen LogP) is 7.32. The molecule has 0 spiro atoms. The van der Waals surface area contributed by atoms with Gasteiger partial charge in [-0.1, -0.05) is 60.7 Å². The molecule has 168 valence electrons. The highest BCUT2D eigenvalue weighted by Crippen LogP contribution is 2.33. The number of rotatable bonds is 6. The van der Waals surface area contributed by atoms with Gasteiger partial charge in [-0.3, -0.25) is 4.79 Å². The van der Waals surface area contributed by atoms with Gasteiger partial charge in [0.05, 0.1) is 12.2 Å². The molecule has 4 rings (SSSR count). The van der Waals surface area contributed by atoms with Crippen molar-refractivity contribution in [3.8, 4) is 11.1 Å². The Bertz CT molecular complexity index is 1290. The number of hydrogen-bond acceptors (Lipinski definition) is 2. The molecule has 3 nitrogen and oxygen atoms in total. The van der Waals surface area contributed by atoms with Gasteiger partial charge in [0.1, 0.15) is 23.0 Å². The number of hydrogen-bond donors (Lipinski definition) is 1. The van der Waals surface area contributed by atoms with Crippen molar-refractivity contribution in [3.05, 3.63) is 107 Å². The first kappa shape index (κ1) is 23.3. The fourth-order valence-electron chi connectivity index (χ4n) is 3.69. The highest BCUT2D eigenvalue weighted by molar-refractivity contribution is 14.1. The molecule has 4 aromatic rings. The van der Waals surface area contributed by atoms with Crippen LogP contribution in [-0.2, 0) is 22.4 Å². The Kier molecular flexibility index (Phi) is 6.99. The first-order valence-corrected chi connectivity index (χ1v) is 11.0. The molecule has 0 radical (unpaired) electrons. The normalized spacial score (nSPS) is 11.5. The maximum Gasteiger partial charge on any atom is 0.416 e. The number of nitrogens with one attached hydrogen (secondary N) is 1. The van der Waals surface area contributed by atoms with Crippen LogP contribution in [0.2, 0.25) is 0 Å². The number of fused-ring (bicyclic) bond motifs is 1. The van der Waals surface area contributed by atoms with Gasteiger partial charge in [-0.05, 0) is 57.3 Å². The highest BCUT2D eigenvalue weighted by atomic mass is 127. The maximum absolute atomic E-state index is 12.9. The third-order valence-electron chi connectivity index (χ3n) is 5.33. The van der Waals surface area contributed by atoms with Crippen molar-refractivity contribution in [2.24, 2.45) is 0 Å². The molecule has 1 N–H and O–H groups in total. The fourth-order valence-corrected chi connectivity index (χ4v) is 4.05. The van der Waals surface area contributed by atoms with E-state index >= 15 is 0 Å². The maximum atomic E-state index is 12.9. The Labute approximate surface area is 203 Å². The molecule has 0 fully saturated rings. The van der Waals surface area contributed by atoms with E-state index < -0.39 is 11.7 Å². The molecular weight excluding hydrogens is 542 g/mol. The van der Waals surface area contributed by atoms with E-state index in [0.717, 1.165) is 39.6 Å². The third kappa shape index (κ3) is 5.54. The Morgan fingerprint density at radius 2 is 1.61 bits per heavy atom. The lowest BCUT2D eigenvalue weighted by atomic mass is 9.96. The number of benzene rings is 4. The fraction of sp³-hybridized carbons (Fsp3) is 0.115. The van der Waals surface area contributed by atoms with Crippen LogP contribution in [0.4, 0.5) is 13.2 Å². The van der Waals surface area contributed by atoms with Gasteiger partial charge in [0, 0.05) is 12.1 Å². The van der Waals surface area contributed by atoms with Gasteiger partial charge in [-0.25, -0.2) is 0 Å². The second-order valence-corrected chi connectivity index (χ2v) is 8.20. The first-order chi connectivity index (χ1) is 15.8. The zero-order valence-electron chi connectivity index (χ0n) is 17.3. The van der Waals surface area contributed by atoms with Gasteiger partial charge >= 0.3 is 6.18 Å². The molecule has 0 bridgehead atoms. The van der Waals surface area contributed by atoms with Crippen molar-refractivity contribution in [2.75, 3.05) is 0 Å².